The molecule has 0 spiro atoms. The highest BCUT2D eigenvalue weighted by molar-refractivity contribution is 6.30. The molecule has 1 heterocycles. The van der Waals surface area contributed by atoms with Crippen molar-refractivity contribution < 1.29 is 18.7 Å². The van der Waals surface area contributed by atoms with Crippen LogP contribution in [0.25, 0.3) is 0 Å². The molecule has 0 radical (unpaired) electrons. The van der Waals surface area contributed by atoms with E-state index in [-0.39, 0.29) is 23.7 Å². The summed E-state index contributed by atoms with van der Waals surface area (Å²) in [5.41, 5.74) is 6.97. The molecule has 2 atom stereocenters. The van der Waals surface area contributed by atoms with E-state index in [1.54, 1.807) is 38.1 Å². The van der Waals surface area contributed by atoms with Crippen molar-refractivity contribution in [3.63, 3.8) is 0 Å². The number of halogens is 2. The molecular weight excluding hydrogens is 469 g/mol. The third-order valence-electron chi connectivity index (χ3n) is 5.79. The van der Waals surface area contributed by atoms with Gasteiger partial charge >= 0.3 is 0 Å². The molecule has 1 aromatic heterocycles. The number of hydrogen-bond donors (Lipinski definition) is 2. The number of carbonyl (C=O) groups is 2. The number of nitrogens with zero attached hydrogens (tertiary/aromatic N) is 1. The minimum absolute atomic E-state index is 0.169. The molecule has 3 N–H and O–H groups in total. The lowest BCUT2D eigenvalue weighted by molar-refractivity contribution is -0.135. The Kier molecular flexibility index (Phi) is 8.46. The zero-order chi connectivity index (χ0) is 25.6. The fraction of sp³-hybridized carbons (Fsp3) is 0.296. The molecule has 8 heteroatoms. The van der Waals surface area contributed by atoms with Gasteiger partial charge in [-0.3, -0.25) is 9.59 Å². The highest BCUT2D eigenvalue weighted by Crippen LogP contribution is 2.27. The molecule has 184 valence electrons. The first-order valence-electron chi connectivity index (χ1n) is 11.2. The fourth-order valence-corrected chi connectivity index (χ4v) is 3.85. The number of rotatable bonds is 10. The highest BCUT2D eigenvalue weighted by Gasteiger charge is 2.33. The van der Waals surface area contributed by atoms with E-state index >= 15 is 0 Å². The van der Waals surface area contributed by atoms with Crippen molar-refractivity contribution in [2.24, 2.45) is 5.73 Å². The summed E-state index contributed by atoms with van der Waals surface area (Å²) in [6, 6.07) is 17.4. The Morgan fingerprint density at radius 3 is 2.40 bits per heavy atom. The number of hydrogen-bond acceptors (Lipinski definition) is 4. The Hall–Kier alpha value is -3.45. The summed E-state index contributed by atoms with van der Waals surface area (Å²) in [5, 5.41) is 3.68. The van der Waals surface area contributed by atoms with Gasteiger partial charge in [0, 0.05) is 40.4 Å². The second kappa shape index (κ2) is 11.3. The van der Waals surface area contributed by atoms with Crippen LogP contribution in [0.15, 0.2) is 66.9 Å². The molecule has 0 saturated carbocycles. The zero-order valence-corrected chi connectivity index (χ0v) is 20.7. The van der Waals surface area contributed by atoms with Gasteiger partial charge in [0.05, 0.1) is 0 Å². The van der Waals surface area contributed by atoms with Crippen LogP contribution >= 0.6 is 11.6 Å². The van der Waals surface area contributed by atoms with E-state index in [1.165, 1.54) is 12.3 Å². The maximum atomic E-state index is 13.2. The predicted molar refractivity (Wildman–Crippen MR) is 134 cm³/mol. The van der Waals surface area contributed by atoms with Gasteiger partial charge in [-0.2, -0.15) is 0 Å². The standard InChI is InChI=1S/C27H29ClFN3O3/c1-17(32-26(34)27(2,3)35-24-12-9-19(15-29)16-31-24)23(13-18-7-10-22(28)11-8-18)20-5-4-6-21(14-20)25(30)33/h4-12,14,16-17,23H,13,15H2,1-3H3,(H2,30,33)(H,32,34). The molecule has 0 bridgehead atoms. The Balaban J connectivity index is 1.82. The predicted octanol–water partition coefficient (Wildman–Crippen LogP) is 4.99. The number of nitrogens with two attached hydrogens (primary N) is 1. The minimum Gasteiger partial charge on any atom is -0.462 e. The molecule has 35 heavy (non-hydrogen) atoms. The molecule has 2 aromatic carbocycles. The maximum absolute atomic E-state index is 13.2. The summed E-state index contributed by atoms with van der Waals surface area (Å²) in [6.07, 6.45) is 1.97. The van der Waals surface area contributed by atoms with Gasteiger partial charge in [0.25, 0.3) is 5.91 Å². The Bertz CT molecular complexity index is 1170. The topological polar surface area (TPSA) is 94.3 Å². The van der Waals surface area contributed by atoms with Crippen molar-refractivity contribution >= 4 is 23.4 Å². The summed E-state index contributed by atoms with van der Waals surface area (Å²) >= 11 is 6.04. The average molecular weight is 498 g/mol. The van der Waals surface area contributed by atoms with Gasteiger partial charge in [0.1, 0.15) is 6.67 Å². The molecule has 6 nitrogen and oxygen atoms in total. The number of amides is 2. The lowest BCUT2D eigenvalue weighted by Crippen LogP contribution is -2.51. The maximum Gasteiger partial charge on any atom is 0.263 e. The van der Waals surface area contributed by atoms with E-state index in [9.17, 15) is 14.0 Å². The van der Waals surface area contributed by atoms with Crippen LogP contribution in [0.2, 0.25) is 5.02 Å². The Morgan fingerprint density at radius 2 is 1.80 bits per heavy atom. The average Bonchev–Trinajstić information content (AvgIpc) is 2.83. The highest BCUT2D eigenvalue weighted by atomic mass is 35.5. The van der Waals surface area contributed by atoms with Crippen LogP contribution in [-0.2, 0) is 17.9 Å². The van der Waals surface area contributed by atoms with Crippen LogP contribution in [0, 0.1) is 0 Å². The third kappa shape index (κ3) is 7.02. The smallest absolute Gasteiger partial charge is 0.263 e. The van der Waals surface area contributed by atoms with Crippen molar-refractivity contribution in [1.82, 2.24) is 10.3 Å². The largest absolute Gasteiger partial charge is 0.462 e. The molecule has 0 fully saturated rings. The lowest BCUT2D eigenvalue weighted by Gasteiger charge is -2.30. The number of primary amides is 1. The molecule has 3 rings (SSSR count). The summed E-state index contributed by atoms with van der Waals surface area (Å²) in [6.45, 7) is 4.56. The van der Waals surface area contributed by atoms with Crippen LogP contribution in [0.5, 0.6) is 5.88 Å². The number of nitrogens with one attached hydrogen (secondary N) is 1. The normalized spacial score (nSPS) is 13.1. The summed E-state index contributed by atoms with van der Waals surface area (Å²) < 4.78 is 18.6. The number of aromatic nitrogens is 1. The SMILES string of the molecule is CC(NC(=O)C(C)(C)Oc1ccc(CF)cn1)C(Cc1ccc(Cl)cc1)c1cccc(C(N)=O)c1. The van der Waals surface area contributed by atoms with Crippen molar-refractivity contribution in [3.05, 3.63) is 94.1 Å². The quantitative estimate of drug-likeness (QED) is 0.412. The van der Waals surface area contributed by atoms with E-state index < -0.39 is 18.2 Å². The summed E-state index contributed by atoms with van der Waals surface area (Å²) in [4.78, 5) is 29.0. The van der Waals surface area contributed by atoms with Gasteiger partial charge in [0.2, 0.25) is 11.8 Å². The molecule has 3 aromatic rings. The van der Waals surface area contributed by atoms with E-state index in [0.29, 0.717) is 22.6 Å². The first-order valence-corrected chi connectivity index (χ1v) is 11.6. The van der Waals surface area contributed by atoms with Crippen LogP contribution < -0.4 is 15.8 Å². The van der Waals surface area contributed by atoms with Gasteiger partial charge < -0.3 is 15.8 Å². The second-order valence-corrected chi connectivity index (χ2v) is 9.38. The fourth-order valence-electron chi connectivity index (χ4n) is 3.72. The molecule has 0 aliphatic carbocycles. The first kappa shape index (κ1) is 26.2. The molecule has 0 saturated heterocycles. The number of benzene rings is 2. The van der Waals surface area contributed by atoms with E-state index in [4.69, 9.17) is 22.1 Å². The van der Waals surface area contributed by atoms with Crippen molar-refractivity contribution in [2.75, 3.05) is 0 Å². The zero-order valence-electron chi connectivity index (χ0n) is 19.9. The van der Waals surface area contributed by atoms with E-state index in [1.807, 2.05) is 37.3 Å². The number of carbonyl (C=O) groups excluding carboxylic acids is 2. The monoisotopic (exact) mass is 497 g/mol. The molecule has 0 aliphatic heterocycles. The Labute approximate surface area is 209 Å². The summed E-state index contributed by atoms with van der Waals surface area (Å²) in [7, 11) is 0. The van der Waals surface area contributed by atoms with Gasteiger partial charge in [0.15, 0.2) is 5.60 Å². The lowest BCUT2D eigenvalue weighted by atomic mass is 9.85. The van der Waals surface area contributed by atoms with Crippen molar-refractivity contribution in [3.8, 4) is 5.88 Å². The second-order valence-electron chi connectivity index (χ2n) is 8.94. The molecule has 0 aliphatic rings. The first-order chi connectivity index (χ1) is 16.6. The van der Waals surface area contributed by atoms with Gasteiger partial charge in [-0.1, -0.05) is 35.9 Å². The number of pyridine rings is 1. The van der Waals surface area contributed by atoms with Crippen molar-refractivity contribution in [2.45, 2.75) is 51.4 Å². The van der Waals surface area contributed by atoms with Crippen LogP contribution in [0.3, 0.4) is 0 Å². The van der Waals surface area contributed by atoms with Crippen molar-refractivity contribution in [1.29, 1.82) is 0 Å². The molecular formula is C27H29ClFN3O3. The van der Waals surface area contributed by atoms with Crippen LogP contribution in [0.4, 0.5) is 4.39 Å². The minimum atomic E-state index is -1.24. The van der Waals surface area contributed by atoms with Crippen LogP contribution in [-0.4, -0.2) is 28.4 Å². The molecule has 2 unspecified atom stereocenters. The van der Waals surface area contributed by atoms with Gasteiger partial charge in [-0.25, -0.2) is 9.37 Å². The third-order valence-corrected chi connectivity index (χ3v) is 6.04. The summed E-state index contributed by atoms with van der Waals surface area (Å²) in [5.74, 6) is -0.804. The van der Waals surface area contributed by atoms with Gasteiger partial charge in [-0.05, 0) is 68.7 Å². The molecule has 2 amide bonds. The van der Waals surface area contributed by atoms with Crippen LogP contribution in [0.1, 0.15) is 53.7 Å². The Morgan fingerprint density at radius 1 is 1.11 bits per heavy atom. The number of alkyl halides is 1. The van der Waals surface area contributed by atoms with E-state index in [2.05, 4.69) is 10.3 Å². The van der Waals surface area contributed by atoms with E-state index in [0.717, 1.165) is 11.1 Å². The number of ether oxygens (including phenoxy) is 1. The van der Waals surface area contributed by atoms with Gasteiger partial charge in [-0.15, -0.1) is 0 Å².